The molecule has 3 nitrogen and oxygen atoms in total. The highest BCUT2D eigenvalue weighted by molar-refractivity contribution is 5.84. The molecule has 0 bridgehead atoms. The van der Waals surface area contributed by atoms with Crippen LogP contribution in [0.1, 0.15) is 30.9 Å². The monoisotopic (exact) mass is 235 g/mol. The van der Waals surface area contributed by atoms with E-state index in [2.05, 4.69) is 4.74 Å². The summed E-state index contributed by atoms with van der Waals surface area (Å²) >= 11 is 0. The number of alkyl halides is 1. The zero-order valence-electron chi connectivity index (χ0n) is 10.0. The largest absolute Gasteiger partial charge is 0.466 e. The Balaban J connectivity index is 3.15. The third-order valence-electron chi connectivity index (χ3n) is 2.60. The van der Waals surface area contributed by atoms with Gasteiger partial charge in [0.25, 0.3) is 0 Å². The molecule has 4 heteroatoms. The summed E-state index contributed by atoms with van der Waals surface area (Å²) < 4.78 is 18.4. The molecule has 0 N–H and O–H groups in total. The van der Waals surface area contributed by atoms with Crippen molar-refractivity contribution in [1.82, 2.24) is 0 Å². The number of ether oxygens (including phenoxy) is 1. The number of hydrogen-bond donors (Lipinski definition) is 0. The predicted octanol–water partition coefficient (Wildman–Crippen LogP) is 2.67. The van der Waals surface area contributed by atoms with Crippen molar-refractivity contribution in [2.75, 3.05) is 7.11 Å². The van der Waals surface area contributed by atoms with Gasteiger partial charge in [-0.25, -0.2) is 9.18 Å². The lowest BCUT2D eigenvalue weighted by molar-refractivity contribution is -0.151. The fourth-order valence-corrected chi connectivity index (χ4v) is 1.47. The maximum atomic E-state index is 14.1. The van der Waals surface area contributed by atoms with Crippen molar-refractivity contribution in [2.45, 2.75) is 25.4 Å². The molecular weight excluding hydrogens is 221 g/mol. The first-order valence-corrected chi connectivity index (χ1v) is 5.24. The molecule has 0 radical (unpaired) electrons. The number of halogens is 1. The lowest BCUT2D eigenvalue weighted by Crippen LogP contribution is -2.30. The van der Waals surface area contributed by atoms with Crippen LogP contribution in [0.4, 0.5) is 4.39 Å². The minimum Gasteiger partial charge on any atom is -0.466 e. The van der Waals surface area contributed by atoms with Gasteiger partial charge in [-0.1, -0.05) is 38.1 Å². The van der Waals surface area contributed by atoms with Crippen molar-refractivity contribution in [3.63, 3.8) is 0 Å². The molecule has 0 saturated heterocycles. The zero-order chi connectivity index (χ0) is 13.1. The molecular formula is C13H14FNO2. The molecule has 1 aromatic carbocycles. The van der Waals surface area contributed by atoms with Gasteiger partial charge >= 0.3 is 11.6 Å². The highest BCUT2D eigenvalue weighted by Crippen LogP contribution is 2.28. The number of hydrogen-bond acceptors (Lipinski definition) is 3. The van der Waals surface area contributed by atoms with E-state index in [0.717, 1.165) is 12.7 Å². The summed E-state index contributed by atoms with van der Waals surface area (Å²) in [5.41, 5.74) is -1.72. The van der Waals surface area contributed by atoms with Crippen LogP contribution < -0.4 is 0 Å². The summed E-state index contributed by atoms with van der Waals surface area (Å²) in [5.74, 6) is -0.893. The standard InChI is InChI=1S/C13H14FNO2/c1-9(2)10-4-6-11(7-5-10)13(14,8-15)12(16)17-3/h4-7,9H,1-3H3. The zero-order valence-corrected chi connectivity index (χ0v) is 10.0. The van der Waals surface area contributed by atoms with Crippen LogP contribution in [-0.4, -0.2) is 13.1 Å². The number of esters is 1. The van der Waals surface area contributed by atoms with Crippen molar-refractivity contribution in [2.24, 2.45) is 0 Å². The number of nitrogens with zero attached hydrogens (tertiary/aromatic N) is 1. The molecule has 17 heavy (non-hydrogen) atoms. The van der Waals surface area contributed by atoms with Crippen LogP contribution in [0, 0.1) is 11.3 Å². The van der Waals surface area contributed by atoms with Gasteiger partial charge in [-0.3, -0.25) is 0 Å². The smallest absolute Gasteiger partial charge is 0.363 e. The maximum Gasteiger partial charge on any atom is 0.363 e. The van der Waals surface area contributed by atoms with Crippen LogP contribution in [0.15, 0.2) is 24.3 Å². The predicted molar refractivity (Wildman–Crippen MR) is 60.9 cm³/mol. The quantitative estimate of drug-likeness (QED) is 0.757. The Morgan fingerprint density at radius 3 is 2.29 bits per heavy atom. The minimum atomic E-state index is -2.73. The van der Waals surface area contributed by atoms with Crippen LogP contribution >= 0.6 is 0 Å². The molecule has 0 aliphatic carbocycles. The van der Waals surface area contributed by atoms with E-state index in [1.165, 1.54) is 18.2 Å². The van der Waals surface area contributed by atoms with Gasteiger partial charge in [0.2, 0.25) is 0 Å². The molecule has 0 aromatic heterocycles. The van der Waals surface area contributed by atoms with Gasteiger partial charge in [-0.05, 0) is 11.5 Å². The number of carbonyl (C=O) groups is 1. The van der Waals surface area contributed by atoms with Gasteiger partial charge in [0.05, 0.1) is 7.11 Å². The van der Waals surface area contributed by atoms with Crippen LogP contribution in [0.25, 0.3) is 0 Å². The number of methoxy groups -OCH3 is 1. The van der Waals surface area contributed by atoms with E-state index in [1.54, 1.807) is 12.1 Å². The van der Waals surface area contributed by atoms with E-state index >= 15 is 0 Å². The number of nitriles is 1. The van der Waals surface area contributed by atoms with Crippen molar-refractivity contribution < 1.29 is 13.9 Å². The lowest BCUT2D eigenvalue weighted by atomic mass is 9.94. The van der Waals surface area contributed by atoms with Crippen LogP contribution in [0.5, 0.6) is 0 Å². The molecule has 0 aliphatic heterocycles. The molecule has 0 amide bonds. The average molecular weight is 235 g/mol. The van der Waals surface area contributed by atoms with Gasteiger partial charge in [0.1, 0.15) is 6.07 Å². The lowest BCUT2D eigenvalue weighted by Gasteiger charge is -2.15. The summed E-state index contributed by atoms with van der Waals surface area (Å²) in [7, 11) is 1.05. The molecule has 0 heterocycles. The van der Waals surface area contributed by atoms with Gasteiger partial charge < -0.3 is 4.74 Å². The Morgan fingerprint density at radius 2 is 1.94 bits per heavy atom. The Kier molecular flexibility index (Phi) is 3.84. The fourth-order valence-electron chi connectivity index (χ4n) is 1.47. The Morgan fingerprint density at radius 1 is 1.41 bits per heavy atom. The number of carbonyl (C=O) groups excluding carboxylic acids is 1. The molecule has 1 atom stereocenters. The second-order valence-corrected chi connectivity index (χ2v) is 4.04. The molecule has 0 fully saturated rings. The van der Waals surface area contributed by atoms with Gasteiger partial charge in [0, 0.05) is 5.56 Å². The molecule has 0 aliphatic rings. The molecule has 0 spiro atoms. The highest BCUT2D eigenvalue weighted by Gasteiger charge is 2.42. The highest BCUT2D eigenvalue weighted by atomic mass is 19.1. The topological polar surface area (TPSA) is 50.1 Å². The molecule has 1 rings (SSSR count). The van der Waals surface area contributed by atoms with Gasteiger partial charge in [-0.15, -0.1) is 0 Å². The van der Waals surface area contributed by atoms with Crippen molar-refractivity contribution in [1.29, 1.82) is 5.26 Å². The molecule has 90 valence electrons. The third kappa shape index (κ3) is 2.44. The van der Waals surface area contributed by atoms with E-state index < -0.39 is 11.6 Å². The van der Waals surface area contributed by atoms with E-state index in [0.29, 0.717) is 5.92 Å². The maximum absolute atomic E-state index is 14.1. The van der Waals surface area contributed by atoms with E-state index in [9.17, 15) is 9.18 Å². The summed E-state index contributed by atoms with van der Waals surface area (Å²) in [6, 6.07) is 7.64. The summed E-state index contributed by atoms with van der Waals surface area (Å²) in [6.07, 6.45) is 0. The minimum absolute atomic E-state index is 0.00347. The summed E-state index contributed by atoms with van der Waals surface area (Å²) in [5, 5.41) is 8.79. The normalized spacial score (nSPS) is 13.9. The van der Waals surface area contributed by atoms with Crippen molar-refractivity contribution in [3.05, 3.63) is 35.4 Å². The molecule has 1 unspecified atom stereocenters. The Labute approximate surface area is 99.8 Å². The average Bonchev–Trinajstić information content (AvgIpc) is 2.36. The Hall–Kier alpha value is -1.89. The van der Waals surface area contributed by atoms with Crippen molar-refractivity contribution in [3.8, 4) is 6.07 Å². The SMILES string of the molecule is COC(=O)C(F)(C#N)c1ccc(C(C)C)cc1. The van der Waals surface area contributed by atoms with Crippen LogP contribution in [0.3, 0.4) is 0 Å². The molecule has 0 saturated carbocycles. The van der Waals surface area contributed by atoms with E-state index in [4.69, 9.17) is 5.26 Å². The van der Waals surface area contributed by atoms with Crippen molar-refractivity contribution >= 4 is 5.97 Å². The number of benzene rings is 1. The Bertz CT molecular complexity index is 447. The fraction of sp³-hybridized carbons (Fsp3) is 0.385. The van der Waals surface area contributed by atoms with Gasteiger partial charge in [0.15, 0.2) is 0 Å². The third-order valence-corrected chi connectivity index (χ3v) is 2.60. The summed E-state index contributed by atoms with van der Waals surface area (Å²) in [4.78, 5) is 11.3. The van der Waals surface area contributed by atoms with Gasteiger partial charge in [-0.2, -0.15) is 5.26 Å². The van der Waals surface area contributed by atoms with E-state index in [-0.39, 0.29) is 5.56 Å². The first kappa shape index (κ1) is 13.2. The van der Waals surface area contributed by atoms with E-state index in [1.807, 2.05) is 13.8 Å². The number of rotatable bonds is 3. The second-order valence-electron chi connectivity index (χ2n) is 4.04. The summed E-state index contributed by atoms with van der Waals surface area (Å²) in [6.45, 7) is 4.00. The van der Waals surface area contributed by atoms with Crippen LogP contribution in [-0.2, 0) is 15.2 Å². The second kappa shape index (κ2) is 4.96. The first-order chi connectivity index (χ1) is 7.95. The van der Waals surface area contributed by atoms with Crippen LogP contribution in [0.2, 0.25) is 0 Å². The molecule has 1 aromatic rings. The first-order valence-electron chi connectivity index (χ1n) is 5.24.